The smallest absolute Gasteiger partial charge is 0.251 e. The molecule has 3 aromatic rings. The third kappa shape index (κ3) is 3.71. The molecule has 24 heavy (non-hydrogen) atoms. The number of carbonyl (C=O) groups excluding carboxylic acids is 1. The number of H-pyrrole nitrogens is 1. The number of rotatable bonds is 5. The zero-order valence-corrected chi connectivity index (χ0v) is 13.7. The van der Waals surface area contributed by atoms with Crippen LogP contribution in [-0.2, 0) is 17.6 Å². The molecule has 3 rings (SSSR count). The Morgan fingerprint density at radius 2 is 2.08 bits per heavy atom. The minimum absolute atomic E-state index is 0.0456. The van der Waals surface area contributed by atoms with Crippen LogP contribution in [0.5, 0.6) is 0 Å². The van der Waals surface area contributed by atoms with Crippen LogP contribution in [0.15, 0.2) is 39.6 Å². The van der Waals surface area contributed by atoms with Gasteiger partial charge in [-0.25, -0.2) is 0 Å². The molecule has 1 amide bonds. The first kappa shape index (κ1) is 16.0. The van der Waals surface area contributed by atoms with E-state index in [2.05, 4.69) is 15.5 Å². The molecule has 0 saturated heterocycles. The Bertz CT molecular complexity index is 940. The lowest BCUT2D eigenvalue weighted by Crippen LogP contribution is -2.27. The van der Waals surface area contributed by atoms with E-state index in [4.69, 9.17) is 4.52 Å². The summed E-state index contributed by atoms with van der Waals surface area (Å²) in [4.78, 5) is 26.5. The summed E-state index contributed by atoms with van der Waals surface area (Å²) in [7, 11) is 0. The number of hydrogen-bond acceptors (Lipinski definition) is 4. The Kier molecular flexibility index (Phi) is 4.46. The second kappa shape index (κ2) is 6.70. The van der Waals surface area contributed by atoms with E-state index in [1.807, 2.05) is 37.3 Å². The molecule has 0 unspecified atom stereocenters. The SMILES string of the molecule is Cc1cc(CCNC(=O)Cc2ccc3[nH]c(=O)c(C)cc3c2)no1. The van der Waals surface area contributed by atoms with Crippen LogP contribution in [0.1, 0.15) is 22.6 Å². The molecule has 0 saturated carbocycles. The first-order valence-corrected chi connectivity index (χ1v) is 7.83. The van der Waals surface area contributed by atoms with Gasteiger partial charge in [0.25, 0.3) is 5.56 Å². The molecule has 0 aliphatic heterocycles. The van der Waals surface area contributed by atoms with Crippen LogP contribution in [0.2, 0.25) is 0 Å². The number of nitrogens with zero attached hydrogens (tertiary/aromatic N) is 1. The van der Waals surface area contributed by atoms with Crippen molar-refractivity contribution in [3.05, 3.63) is 63.3 Å². The number of pyridine rings is 1. The van der Waals surface area contributed by atoms with Crippen molar-refractivity contribution in [2.45, 2.75) is 26.7 Å². The minimum Gasteiger partial charge on any atom is -0.361 e. The van der Waals surface area contributed by atoms with Crippen LogP contribution in [-0.4, -0.2) is 22.6 Å². The summed E-state index contributed by atoms with van der Waals surface area (Å²) in [6.07, 6.45) is 0.938. The molecule has 0 bridgehead atoms. The lowest BCUT2D eigenvalue weighted by molar-refractivity contribution is -0.120. The van der Waals surface area contributed by atoms with Gasteiger partial charge in [-0.05, 0) is 43.0 Å². The van der Waals surface area contributed by atoms with Crippen molar-refractivity contribution in [1.29, 1.82) is 0 Å². The Labute approximate surface area is 138 Å². The topological polar surface area (TPSA) is 88.0 Å². The largest absolute Gasteiger partial charge is 0.361 e. The Morgan fingerprint density at radius 3 is 2.83 bits per heavy atom. The first-order valence-electron chi connectivity index (χ1n) is 7.83. The molecule has 0 aliphatic carbocycles. The van der Waals surface area contributed by atoms with Gasteiger partial charge in [0.05, 0.1) is 12.1 Å². The van der Waals surface area contributed by atoms with Crippen LogP contribution in [0.3, 0.4) is 0 Å². The van der Waals surface area contributed by atoms with E-state index in [9.17, 15) is 9.59 Å². The zero-order valence-electron chi connectivity index (χ0n) is 13.7. The molecule has 6 heteroatoms. The van der Waals surface area contributed by atoms with Crippen LogP contribution in [0, 0.1) is 13.8 Å². The van der Waals surface area contributed by atoms with Gasteiger partial charge < -0.3 is 14.8 Å². The van der Waals surface area contributed by atoms with E-state index < -0.39 is 0 Å². The van der Waals surface area contributed by atoms with E-state index in [0.717, 1.165) is 27.9 Å². The van der Waals surface area contributed by atoms with E-state index >= 15 is 0 Å². The lowest BCUT2D eigenvalue weighted by atomic mass is 10.1. The Morgan fingerprint density at radius 1 is 1.25 bits per heavy atom. The van der Waals surface area contributed by atoms with Gasteiger partial charge in [0.1, 0.15) is 5.76 Å². The molecular formula is C18H19N3O3. The number of nitrogens with one attached hydrogen (secondary N) is 2. The summed E-state index contributed by atoms with van der Waals surface area (Å²) in [5.74, 6) is 0.719. The van der Waals surface area contributed by atoms with E-state index in [-0.39, 0.29) is 11.5 Å². The summed E-state index contributed by atoms with van der Waals surface area (Å²) in [6, 6.07) is 9.31. The number of amides is 1. The first-order chi connectivity index (χ1) is 11.5. The average molecular weight is 325 g/mol. The molecule has 0 atom stereocenters. The van der Waals surface area contributed by atoms with Crippen molar-refractivity contribution in [3.8, 4) is 0 Å². The molecule has 1 aromatic carbocycles. The molecular weight excluding hydrogens is 306 g/mol. The summed E-state index contributed by atoms with van der Waals surface area (Å²) >= 11 is 0. The number of carbonyl (C=O) groups is 1. The molecule has 124 valence electrons. The number of hydrogen-bond donors (Lipinski definition) is 2. The van der Waals surface area contributed by atoms with E-state index in [1.165, 1.54) is 0 Å². The monoisotopic (exact) mass is 325 g/mol. The van der Waals surface area contributed by atoms with Gasteiger partial charge in [-0.15, -0.1) is 0 Å². The van der Waals surface area contributed by atoms with Gasteiger partial charge >= 0.3 is 0 Å². The van der Waals surface area contributed by atoms with Crippen molar-refractivity contribution < 1.29 is 9.32 Å². The molecule has 0 fully saturated rings. The molecule has 2 aromatic heterocycles. The summed E-state index contributed by atoms with van der Waals surface area (Å²) in [5, 5.41) is 7.70. The molecule has 0 radical (unpaired) electrons. The predicted octanol–water partition coefficient (Wildman–Crippen LogP) is 2.03. The van der Waals surface area contributed by atoms with Crippen LogP contribution >= 0.6 is 0 Å². The summed E-state index contributed by atoms with van der Waals surface area (Å²) < 4.78 is 4.99. The molecule has 0 aliphatic rings. The molecule has 0 spiro atoms. The van der Waals surface area contributed by atoms with Gasteiger partial charge in [0.15, 0.2) is 0 Å². The third-order valence-corrected chi connectivity index (χ3v) is 3.84. The maximum Gasteiger partial charge on any atom is 0.251 e. The highest BCUT2D eigenvalue weighted by atomic mass is 16.5. The van der Waals surface area contributed by atoms with Crippen molar-refractivity contribution in [2.24, 2.45) is 0 Å². The maximum atomic E-state index is 12.1. The normalized spacial score (nSPS) is 10.9. The van der Waals surface area contributed by atoms with E-state index in [1.54, 1.807) is 6.92 Å². The molecule has 6 nitrogen and oxygen atoms in total. The molecule has 2 heterocycles. The van der Waals surface area contributed by atoms with Crippen molar-refractivity contribution in [3.63, 3.8) is 0 Å². The minimum atomic E-state index is -0.0870. The predicted molar refractivity (Wildman–Crippen MR) is 91.0 cm³/mol. The number of aromatic nitrogens is 2. The van der Waals surface area contributed by atoms with Gasteiger partial charge in [-0.2, -0.15) is 0 Å². The fraction of sp³-hybridized carbons (Fsp3) is 0.278. The van der Waals surface area contributed by atoms with Crippen LogP contribution < -0.4 is 10.9 Å². The number of aryl methyl sites for hydroxylation is 2. The average Bonchev–Trinajstić information content (AvgIpc) is 2.94. The summed E-state index contributed by atoms with van der Waals surface area (Å²) in [5.41, 5.74) is 3.08. The van der Waals surface area contributed by atoms with Crippen molar-refractivity contribution >= 4 is 16.8 Å². The van der Waals surface area contributed by atoms with Crippen LogP contribution in [0.4, 0.5) is 0 Å². The van der Waals surface area contributed by atoms with Crippen LogP contribution in [0.25, 0.3) is 10.9 Å². The van der Waals surface area contributed by atoms with Gasteiger partial charge in [0.2, 0.25) is 5.91 Å². The highest BCUT2D eigenvalue weighted by molar-refractivity contribution is 5.83. The Hall–Kier alpha value is -2.89. The van der Waals surface area contributed by atoms with Gasteiger partial charge in [-0.3, -0.25) is 9.59 Å². The molecule has 2 N–H and O–H groups in total. The summed E-state index contributed by atoms with van der Waals surface area (Å²) in [6.45, 7) is 4.12. The second-order valence-corrected chi connectivity index (χ2v) is 5.91. The number of benzene rings is 1. The van der Waals surface area contributed by atoms with E-state index in [0.29, 0.717) is 24.9 Å². The maximum absolute atomic E-state index is 12.1. The lowest BCUT2D eigenvalue weighted by Gasteiger charge is -2.06. The fourth-order valence-corrected chi connectivity index (χ4v) is 2.59. The second-order valence-electron chi connectivity index (χ2n) is 5.91. The van der Waals surface area contributed by atoms with Gasteiger partial charge in [-0.1, -0.05) is 11.2 Å². The van der Waals surface area contributed by atoms with Crippen molar-refractivity contribution in [1.82, 2.24) is 15.5 Å². The van der Waals surface area contributed by atoms with Gasteiger partial charge in [0, 0.05) is 30.1 Å². The quantitative estimate of drug-likeness (QED) is 0.751. The fourth-order valence-electron chi connectivity index (χ4n) is 2.59. The number of aromatic amines is 1. The van der Waals surface area contributed by atoms with Crippen molar-refractivity contribution in [2.75, 3.05) is 6.54 Å². The standard InChI is InChI=1S/C18H19N3O3/c1-11-7-14-9-13(3-4-16(14)20-18(11)23)10-17(22)19-6-5-15-8-12(2)24-21-15/h3-4,7-9H,5-6,10H2,1-2H3,(H,19,22)(H,20,23). The third-order valence-electron chi connectivity index (χ3n) is 3.84. The number of fused-ring (bicyclic) bond motifs is 1. The Balaban J connectivity index is 1.60. The highest BCUT2D eigenvalue weighted by Crippen LogP contribution is 2.14. The highest BCUT2D eigenvalue weighted by Gasteiger charge is 2.06. The zero-order chi connectivity index (χ0) is 17.1.